The fraction of sp³-hybridized carbons (Fsp3) is 0.833. The van der Waals surface area contributed by atoms with E-state index in [4.69, 9.17) is 9.84 Å². The van der Waals surface area contributed by atoms with Gasteiger partial charge in [-0.2, -0.15) is 0 Å². The lowest BCUT2D eigenvalue weighted by Gasteiger charge is -2.42. The smallest absolute Gasteiger partial charge is 0.202 e. The zero-order valence-corrected chi connectivity index (χ0v) is 11.1. The number of Topliss-reactive ketones (excluding diaryl/α,β-unsaturated/α-hetero) is 2. The number of hydrogen-bond donors (Lipinski definition) is 3. The van der Waals surface area contributed by atoms with E-state index in [1.807, 2.05) is 0 Å². The van der Waals surface area contributed by atoms with E-state index in [9.17, 15) is 19.8 Å². The van der Waals surface area contributed by atoms with Crippen LogP contribution >= 0.6 is 0 Å². The van der Waals surface area contributed by atoms with Crippen LogP contribution in [-0.4, -0.2) is 51.5 Å². The summed E-state index contributed by atoms with van der Waals surface area (Å²) in [7, 11) is 0. The lowest BCUT2D eigenvalue weighted by Crippen LogP contribution is -2.58. The molecule has 0 saturated heterocycles. The molecule has 0 heterocycles. The average Bonchev–Trinajstić information content (AvgIpc) is 2.15. The molecule has 0 aromatic carbocycles. The van der Waals surface area contributed by atoms with Crippen LogP contribution in [0.3, 0.4) is 0 Å². The summed E-state index contributed by atoms with van der Waals surface area (Å²) in [5, 5.41) is 29.7. The van der Waals surface area contributed by atoms with Gasteiger partial charge in [-0.15, -0.1) is 0 Å². The van der Waals surface area contributed by atoms with Crippen molar-refractivity contribution < 1.29 is 29.6 Å². The van der Waals surface area contributed by atoms with Crippen molar-refractivity contribution in [3.63, 3.8) is 0 Å². The predicted molar refractivity (Wildman–Crippen MR) is 63.8 cm³/mol. The van der Waals surface area contributed by atoms with Crippen molar-refractivity contribution in [2.45, 2.75) is 51.4 Å². The van der Waals surface area contributed by atoms with Gasteiger partial charge < -0.3 is 20.1 Å². The average molecular weight is 262 g/mol. The summed E-state index contributed by atoms with van der Waals surface area (Å²) in [4.78, 5) is 22.4. The van der Waals surface area contributed by atoms with Gasteiger partial charge in [0.2, 0.25) is 5.79 Å². The predicted octanol–water partition coefficient (Wildman–Crippen LogP) is -0.217. The molecule has 0 saturated carbocycles. The Morgan fingerprint density at radius 3 is 1.94 bits per heavy atom. The second-order valence-corrected chi connectivity index (χ2v) is 4.48. The van der Waals surface area contributed by atoms with Gasteiger partial charge in [0.25, 0.3) is 0 Å². The van der Waals surface area contributed by atoms with Crippen LogP contribution in [0.5, 0.6) is 0 Å². The van der Waals surface area contributed by atoms with Gasteiger partial charge in [0.1, 0.15) is 17.2 Å². The molecular formula is C12H22O6. The first kappa shape index (κ1) is 17.2. The minimum absolute atomic E-state index is 0.0649. The molecule has 2 atom stereocenters. The van der Waals surface area contributed by atoms with Crippen molar-refractivity contribution in [3.8, 4) is 0 Å². The molecule has 0 aliphatic rings. The van der Waals surface area contributed by atoms with Crippen molar-refractivity contribution in [2.24, 2.45) is 0 Å². The van der Waals surface area contributed by atoms with Crippen molar-refractivity contribution in [2.75, 3.05) is 13.2 Å². The number of ketones is 2. The first-order valence-corrected chi connectivity index (χ1v) is 5.89. The number of hydrogen-bond acceptors (Lipinski definition) is 6. The summed E-state index contributed by atoms with van der Waals surface area (Å²) in [6, 6.07) is 0. The Balaban J connectivity index is 5.31. The Labute approximate surface area is 107 Å². The van der Waals surface area contributed by atoms with Crippen molar-refractivity contribution >= 4 is 11.6 Å². The molecule has 0 fully saturated rings. The van der Waals surface area contributed by atoms with Gasteiger partial charge in [-0.1, -0.05) is 0 Å². The first-order valence-electron chi connectivity index (χ1n) is 5.89. The minimum atomic E-state index is -2.16. The van der Waals surface area contributed by atoms with Crippen LogP contribution in [0.1, 0.15) is 40.0 Å². The van der Waals surface area contributed by atoms with E-state index in [2.05, 4.69) is 0 Å². The Morgan fingerprint density at radius 1 is 1.11 bits per heavy atom. The molecule has 6 heteroatoms. The fourth-order valence-corrected chi connectivity index (χ4v) is 1.94. The van der Waals surface area contributed by atoms with Gasteiger partial charge in [0, 0.05) is 26.1 Å². The third-order valence-electron chi connectivity index (χ3n) is 2.67. The molecule has 0 rings (SSSR count). The first-order chi connectivity index (χ1) is 8.20. The number of carbonyl (C=O) groups excluding carboxylic acids is 2. The molecule has 18 heavy (non-hydrogen) atoms. The van der Waals surface area contributed by atoms with E-state index in [1.165, 1.54) is 13.8 Å². The Morgan fingerprint density at radius 2 is 1.61 bits per heavy atom. The largest absolute Gasteiger partial charge is 0.396 e. The lowest BCUT2D eigenvalue weighted by atomic mass is 9.82. The number of carbonyl (C=O) groups is 2. The Hall–Kier alpha value is -0.820. The summed E-state index contributed by atoms with van der Waals surface area (Å²) >= 11 is 0. The zero-order chi connectivity index (χ0) is 14.4. The van der Waals surface area contributed by atoms with E-state index in [1.54, 1.807) is 6.92 Å². The fourth-order valence-electron chi connectivity index (χ4n) is 1.94. The van der Waals surface area contributed by atoms with Crippen LogP contribution in [-0.2, 0) is 14.3 Å². The van der Waals surface area contributed by atoms with E-state index >= 15 is 0 Å². The monoisotopic (exact) mass is 262 g/mol. The zero-order valence-electron chi connectivity index (χ0n) is 11.1. The quantitative estimate of drug-likeness (QED) is 0.496. The minimum Gasteiger partial charge on any atom is -0.396 e. The lowest BCUT2D eigenvalue weighted by molar-refractivity contribution is -0.300. The molecule has 106 valence electrons. The number of aliphatic hydroxyl groups is 3. The second kappa shape index (κ2) is 6.94. The molecule has 2 unspecified atom stereocenters. The van der Waals surface area contributed by atoms with Gasteiger partial charge in [-0.05, 0) is 20.8 Å². The summed E-state index contributed by atoms with van der Waals surface area (Å²) < 4.78 is 5.08. The molecule has 0 aromatic rings. The third-order valence-corrected chi connectivity index (χ3v) is 2.67. The van der Waals surface area contributed by atoms with Gasteiger partial charge in [0.05, 0.1) is 6.42 Å². The van der Waals surface area contributed by atoms with Crippen LogP contribution in [0.25, 0.3) is 0 Å². The van der Waals surface area contributed by atoms with Gasteiger partial charge in [-0.25, -0.2) is 0 Å². The van der Waals surface area contributed by atoms with Crippen LogP contribution in [0.2, 0.25) is 0 Å². The Bertz CT molecular complexity index is 273. The van der Waals surface area contributed by atoms with Crippen molar-refractivity contribution in [3.05, 3.63) is 0 Å². The van der Waals surface area contributed by atoms with Crippen LogP contribution in [0.4, 0.5) is 0 Å². The van der Waals surface area contributed by atoms with E-state index in [-0.39, 0.29) is 24.6 Å². The molecule has 0 amide bonds. The van der Waals surface area contributed by atoms with E-state index < -0.39 is 30.8 Å². The SMILES string of the molecule is CCOC(O)(CC(C)=O)C(O)(CCO)CC(C)=O. The van der Waals surface area contributed by atoms with Gasteiger partial charge in [0.15, 0.2) is 0 Å². The highest BCUT2D eigenvalue weighted by Crippen LogP contribution is 2.34. The second-order valence-electron chi connectivity index (χ2n) is 4.48. The van der Waals surface area contributed by atoms with E-state index in [0.29, 0.717) is 0 Å². The maximum Gasteiger partial charge on any atom is 0.202 e. The normalized spacial score (nSPS) is 17.9. The van der Waals surface area contributed by atoms with E-state index in [0.717, 1.165) is 0 Å². The molecule has 0 radical (unpaired) electrons. The van der Waals surface area contributed by atoms with Gasteiger partial charge >= 0.3 is 0 Å². The van der Waals surface area contributed by atoms with Crippen LogP contribution in [0.15, 0.2) is 0 Å². The molecule has 0 spiro atoms. The summed E-state index contributed by atoms with van der Waals surface area (Å²) in [6.07, 6.45) is -1.09. The highest BCUT2D eigenvalue weighted by atomic mass is 16.6. The summed E-state index contributed by atoms with van der Waals surface area (Å²) in [6.45, 7) is 3.73. The highest BCUT2D eigenvalue weighted by Gasteiger charge is 2.51. The highest BCUT2D eigenvalue weighted by molar-refractivity contribution is 5.78. The Kier molecular flexibility index (Phi) is 6.62. The molecule has 3 N–H and O–H groups in total. The molecule has 0 aliphatic heterocycles. The number of rotatable bonds is 9. The summed E-state index contributed by atoms with van der Waals surface area (Å²) in [5.74, 6) is -2.92. The summed E-state index contributed by atoms with van der Waals surface area (Å²) in [5.41, 5.74) is -1.98. The molecule has 0 aliphatic carbocycles. The van der Waals surface area contributed by atoms with Crippen molar-refractivity contribution in [1.29, 1.82) is 0 Å². The maximum absolute atomic E-state index is 11.2. The molecular weight excluding hydrogens is 240 g/mol. The third kappa shape index (κ3) is 4.45. The van der Waals surface area contributed by atoms with Crippen molar-refractivity contribution in [1.82, 2.24) is 0 Å². The molecule has 0 bridgehead atoms. The topological polar surface area (TPSA) is 104 Å². The maximum atomic E-state index is 11.2. The molecule has 0 aromatic heterocycles. The number of ether oxygens (including phenoxy) is 1. The van der Waals surface area contributed by atoms with Crippen LogP contribution < -0.4 is 0 Å². The molecule has 6 nitrogen and oxygen atoms in total. The van der Waals surface area contributed by atoms with Crippen LogP contribution in [0, 0.1) is 0 Å². The standard InChI is InChI=1S/C12H22O6/c1-4-18-12(17,8-10(3)15)11(16,5-6-13)7-9(2)14/h13,16-17H,4-8H2,1-3H3. The number of aliphatic hydroxyl groups excluding tert-OH is 1. The van der Waals surface area contributed by atoms with Gasteiger partial charge in [-0.3, -0.25) is 9.59 Å².